The summed E-state index contributed by atoms with van der Waals surface area (Å²) in [4.78, 5) is 16.6. The van der Waals surface area contributed by atoms with E-state index < -0.39 is 0 Å². The first-order chi connectivity index (χ1) is 9.63. The molecule has 0 aromatic carbocycles. The first kappa shape index (κ1) is 14.2. The smallest absolute Gasteiger partial charge is 0.255 e. The van der Waals surface area contributed by atoms with Gasteiger partial charge in [0.2, 0.25) is 0 Å². The summed E-state index contributed by atoms with van der Waals surface area (Å²) in [6.45, 7) is 6.79. The number of aryl methyl sites for hydroxylation is 2. The fourth-order valence-corrected chi connectivity index (χ4v) is 2.03. The van der Waals surface area contributed by atoms with E-state index in [-0.39, 0.29) is 11.9 Å². The third-order valence-electron chi connectivity index (χ3n) is 3.23. The maximum absolute atomic E-state index is 12.2. The van der Waals surface area contributed by atoms with Crippen molar-refractivity contribution < 1.29 is 4.79 Å². The summed E-state index contributed by atoms with van der Waals surface area (Å²) in [5.74, 6) is -0.111. The summed E-state index contributed by atoms with van der Waals surface area (Å²) in [6, 6.07) is 3.88. The second-order valence-corrected chi connectivity index (χ2v) is 4.78. The zero-order valence-electron chi connectivity index (χ0n) is 12.1. The van der Waals surface area contributed by atoms with Gasteiger partial charge in [-0.1, -0.05) is 6.92 Å². The first-order valence-electron chi connectivity index (χ1n) is 6.90. The Morgan fingerprint density at radius 3 is 2.85 bits per heavy atom. The number of pyridine rings is 1. The molecule has 1 amide bonds. The average molecular weight is 272 g/mol. The lowest BCUT2D eigenvalue weighted by Crippen LogP contribution is -2.28. The number of aromatic nitrogens is 3. The van der Waals surface area contributed by atoms with Crippen LogP contribution in [0.3, 0.4) is 0 Å². The van der Waals surface area contributed by atoms with E-state index in [2.05, 4.69) is 15.4 Å². The Labute approximate surface area is 119 Å². The summed E-state index contributed by atoms with van der Waals surface area (Å²) in [6.07, 6.45) is 5.92. The van der Waals surface area contributed by atoms with Crippen molar-refractivity contribution in [2.24, 2.45) is 0 Å². The van der Waals surface area contributed by atoms with Crippen molar-refractivity contribution in [1.82, 2.24) is 20.1 Å². The topological polar surface area (TPSA) is 59.8 Å². The van der Waals surface area contributed by atoms with Crippen molar-refractivity contribution in [2.45, 2.75) is 39.8 Å². The minimum atomic E-state index is -0.111. The number of nitrogens with zero attached hydrogens (tertiary/aromatic N) is 3. The maximum Gasteiger partial charge on any atom is 0.255 e. The standard InChI is InChI=1S/C15H20N4O/c1-4-13(14-8-11(3)6-7-16-14)18-15(20)12-9-17-19(5-2)10-12/h6-10,13H,4-5H2,1-3H3,(H,18,20)/t13-/m0/s1. The van der Waals surface area contributed by atoms with Crippen LogP contribution in [0.1, 0.15) is 47.9 Å². The van der Waals surface area contributed by atoms with E-state index in [1.54, 1.807) is 23.3 Å². The molecule has 0 spiro atoms. The number of amides is 1. The molecule has 2 rings (SSSR count). The Kier molecular flexibility index (Phi) is 4.50. The van der Waals surface area contributed by atoms with Gasteiger partial charge in [0.1, 0.15) is 0 Å². The largest absolute Gasteiger partial charge is 0.344 e. The number of nitrogens with one attached hydrogen (secondary N) is 1. The SMILES string of the molecule is CC[C@H](NC(=O)c1cnn(CC)c1)c1cc(C)ccn1. The molecule has 5 nitrogen and oxygen atoms in total. The molecular formula is C15H20N4O. The average Bonchev–Trinajstić information content (AvgIpc) is 2.93. The van der Waals surface area contributed by atoms with Gasteiger partial charge in [0.15, 0.2) is 0 Å². The quantitative estimate of drug-likeness (QED) is 0.909. The summed E-state index contributed by atoms with van der Waals surface area (Å²) in [7, 11) is 0. The van der Waals surface area contributed by atoms with E-state index in [0.29, 0.717) is 5.56 Å². The predicted molar refractivity (Wildman–Crippen MR) is 77.4 cm³/mol. The lowest BCUT2D eigenvalue weighted by Gasteiger charge is -2.16. The summed E-state index contributed by atoms with van der Waals surface area (Å²) in [5.41, 5.74) is 2.61. The molecule has 0 saturated heterocycles. The van der Waals surface area contributed by atoms with Crippen LogP contribution in [0.25, 0.3) is 0 Å². The third kappa shape index (κ3) is 3.23. The molecule has 106 valence electrons. The van der Waals surface area contributed by atoms with Gasteiger partial charge in [-0.3, -0.25) is 14.5 Å². The van der Waals surface area contributed by atoms with Crippen molar-refractivity contribution in [1.29, 1.82) is 0 Å². The van der Waals surface area contributed by atoms with Crippen LogP contribution in [0, 0.1) is 6.92 Å². The van der Waals surface area contributed by atoms with Crippen LogP contribution in [-0.2, 0) is 6.54 Å². The van der Waals surface area contributed by atoms with E-state index >= 15 is 0 Å². The van der Waals surface area contributed by atoms with Crippen LogP contribution in [0.5, 0.6) is 0 Å². The lowest BCUT2D eigenvalue weighted by molar-refractivity contribution is 0.0934. The molecule has 5 heteroatoms. The monoisotopic (exact) mass is 272 g/mol. The van der Waals surface area contributed by atoms with Crippen molar-refractivity contribution in [2.75, 3.05) is 0 Å². The van der Waals surface area contributed by atoms with Crippen LogP contribution in [0.2, 0.25) is 0 Å². The second kappa shape index (κ2) is 6.32. The first-order valence-corrected chi connectivity index (χ1v) is 6.90. The molecule has 1 atom stereocenters. The fourth-order valence-electron chi connectivity index (χ4n) is 2.03. The molecule has 20 heavy (non-hydrogen) atoms. The van der Waals surface area contributed by atoms with E-state index in [1.165, 1.54) is 0 Å². The summed E-state index contributed by atoms with van der Waals surface area (Å²) >= 11 is 0. The second-order valence-electron chi connectivity index (χ2n) is 4.78. The maximum atomic E-state index is 12.2. The highest BCUT2D eigenvalue weighted by Gasteiger charge is 2.16. The van der Waals surface area contributed by atoms with Crippen molar-refractivity contribution in [3.05, 3.63) is 47.5 Å². The number of hydrogen-bond donors (Lipinski definition) is 1. The third-order valence-corrected chi connectivity index (χ3v) is 3.23. The lowest BCUT2D eigenvalue weighted by atomic mass is 10.1. The highest BCUT2D eigenvalue weighted by Crippen LogP contribution is 2.15. The van der Waals surface area contributed by atoms with E-state index in [1.807, 2.05) is 32.9 Å². The highest BCUT2D eigenvalue weighted by molar-refractivity contribution is 5.93. The van der Waals surface area contributed by atoms with Gasteiger partial charge in [0.25, 0.3) is 5.91 Å². The normalized spacial score (nSPS) is 12.2. The summed E-state index contributed by atoms with van der Waals surface area (Å²) < 4.78 is 1.74. The van der Waals surface area contributed by atoms with E-state index in [4.69, 9.17) is 0 Å². The van der Waals surface area contributed by atoms with Gasteiger partial charge < -0.3 is 5.32 Å². The predicted octanol–water partition coefficient (Wildman–Crippen LogP) is 2.49. The van der Waals surface area contributed by atoms with Crippen molar-refractivity contribution >= 4 is 5.91 Å². The molecule has 2 aromatic rings. The zero-order valence-corrected chi connectivity index (χ0v) is 12.1. The number of carbonyl (C=O) groups excluding carboxylic acids is 1. The van der Waals surface area contributed by atoms with Crippen molar-refractivity contribution in [3.8, 4) is 0 Å². The van der Waals surface area contributed by atoms with Gasteiger partial charge in [-0.15, -0.1) is 0 Å². The minimum Gasteiger partial charge on any atom is -0.344 e. The molecule has 0 saturated carbocycles. The highest BCUT2D eigenvalue weighted by atomic mass is 16.1. The van der Waals surface area contributed by atoms with Gasteiger partial charge in [-0.05, 0) is 38.0 Å². The molecule has 2 aromatic heterocycles. The van der Waals surface area contributed by atoms with Gasteiger partial charge in [0.05, 0.1) is 23.5 Å². The van der Waals surface area contributed by atoms with Crippen LogP contribution in [0.15, 0.2) is 30.7 Å². The Morgan fingerprint density at radius 2 is 2.25 bits per heavy atom. The minimum absolute atomic E-state index is 0.0765. The molecule has 1 N–H and O–H groups in total. The number of rotatable bonds is 5. The summed E-state index contributed by atoms with van der Waals surface area (Å²) in [5, 5.41) is 7.13. The Morgan fingerprint density at radius 1 is 1.45 bits per heavy atom. The Bertz CT molecular complexity index is 591. The van der Waals surface area contributed by atoms with Gasteiger partial charge in [-0.2, -0.15) is 5.10 Å². The fraction of sp³-hybridized carbons (Fsp3) is 0.400. The molecule has 0 aliphatic rings. The molecule has 0 aliphatic heterocycles. The molecule has 0 fully saturated rings. The molecule has 2 heterocycles. The van der Waals surface area contributed by atoms with Crippen molar-refractivity contribution in [3.63, 3.8) is 0 Å². The molecule has 0 bridgehead atoms. The van der Waals surface area contributed by atoms with Crippen LogP contribution in [0.4, 0.5) is 0 Å². The molecule has 0 unspecified atom stereocenters. The molecule has 0 aliphatic carbocycles. The van der Waals surface area contributed by atoms with Crippen LogP contribution < -0.4 is 5.32 Å². The van der Waals surface area contributed by atoms with E-state index in [0.717, 1.165) is 24.2 Å². The Hall–Kier alpha value is -2.17. The van der Waals surface area contributed by atoms with Crippen LogP contribution in [-0.4, -0.2) is 20.7 Å². The molecule has 0 radical (unpaired) electrons. The van der Waals surface area contributed by atoms with Crippen LogP contribution >= 0.6 is 0 Å². The van der Waals surface area contributed by atoms with E-state index in [9.17, 15) is 4.79 Å². The van der Waals surface area contributed by atoms with Gasteiger partial charge in [-0.25, -0.2) is 0 Å². The number of carbonyl (C=O) groups is 1. The number of hydrogen-bond acceptors (Lipinski definition) is 3. The zero-order chi connectivity index (χ0) is 14.5. The van der Waals surface area contributed by atoms with Gasteiger partial charge >= 0.3 is 0 Å². The molecular weight excluding hydrogens is 252 g/mol. The van der Waals surface area contributed by atoms with Gasteiger partial charge in [0, 0.05) is 18.9 Å². The Balaban J connectivity index is 2.11.